The van der Waals surface area contributed by atoms with Crippen LogP contribution in [0.5, 0.6) is 0 Å². The first-order valence-corrected chi connectivity index (χ1v) is 6.86. The second kappa shape index (κ2) is 6.64. The van der Waals surface area contributed by atoms with Crippen molar-refractivity contribution in [3.63, 3.8) is 0 Å². The Hall–Kier alpha value is -1.22. The number of benzene rings is 1. The van der Waals surface area contributed by atoms with E-state index in [1.165, 1.54) is 12.1 Å². The van der Waals surface area contributed by atoms with Gasteiger partial charge in [-0.25, -0.2) is 0 Å². The van der Waals surface area contributed by atoms with Gasteiger partial charge in [-0.1, -0.05) is 31.9 Å². The Bertz CT molecular complexity index is 469. The molecule has 0 amide bonds. The summed E-state index contributed by atoms with van der Waals surface area (Å²) in [6.45, 7) is 0.462. The highest BCUT2D eigenvalue weighted by Gasteiger charge is 2.19. The summed E-state index contributed by atoms with van der Waals surface area (Å²) in [5.74, 6) is 0. The summed E-state index contributed by atoms with van der Waals surface area (Å²) in [4.78, 5) is 20.2. The zero-order chi connectivity index (χ0) is 13.7. The lowest BCUT2D eigenvalue weighted by Gasteiger charge is -2.09. The van der Waals surface area contributed by atoms with Gasteiger partial charge >= 0.3 is 0 Å². The molecule has 0 aliphatic carbocycles. The molecule has 1 aromatic rings. The van der Waals surface area contributed by atoms with Gasteiger partial charge in [-0.15, -0.1) is 0 Å². The smallest absolute Gasteiger partial charge is 0.299 e. The van der Waals surface area contributed by atoms with Crippen LogP contribution in [0.2, 0.25) is 0 Å². The van der Waals surface area contributed by atoms with Gasteiger partial charge < -0.3 is 5.32 Å². The quantitative estimate of drug-likeness (QED) is 0.463. The third-order valence-corrected chi connectivity index (χ3v) is 4.37. The van der Waals surface area contributed by atoms with Crippen molar-refractivity contribution in [1.82, 2.24) is 0 Å². The number of hydrogen-bond donors (Lipinski definition) is 1. The molecule has 0 unspecified atom stereocenters. The average molecular weight is 383 g/mol. The van der Waals surface area contributed by atoms with Gasteiger partial charge in [0, 0.05) is 22.8 Å². The van der Waals surface area contributed by atoms with Crippen molar-refractivity contribution >= 4 is 48.9 Å². The van der Waals surface area contributed by atoms with Crippen LogP contribution in [0, 0.1) is 20.2 Å². The molecule has 0 aliphatic heterocycles. The third-order valence-electron chi connectivity index (χ3n) is 2.07. The third kappa shape index (κ3) is 3.91. The van der Waals surface area contributed by atoms with E-state index in [4.69, 9.17) is 0 Å². The van der Waals surface area contributed by atoms with Crippen LogP contribution in [-0.2, 0) is 0 Å². The summed E-state index contributed by atoms with van der Waals surface area (Å²) in [5, 5.41) is 24.9. The molecule has 1 atom stereocenters. The number of nitrogens with zero attached hydrogens (tertiary/aromatic N) is 2. The number of halogens is 2. The molecule has 0 radical (unpaired) electrons. The van der Waals surface area contributed by atoms with Crippen molar-refractivity contribution in [2.45, 2.75) is 4.83 Å². The Morgan fingerprint density at radius 2 is 1.94 bits per heavy atom. The summed E-state index contributed by atoms with van der Waals surface area (Å²) in [6.07, 6.45) is 0. The predicted octanol–water partition coefficient (Wildman–Crippen LogP) is 3.07. The molecule has 9 heteroatoms. The Labute approximate surface area is 119 Å². The zero-order valence-corrected chi connectivity index (χ0v) is 12.2. The Morgan fingerprint density at radius 1 is 1.28 bits per heavy atom. The number of non-ortho nitro benzene ring substituents is 1. The van der Waals surface area contributed by atoms with Crippen LogP contribution in [0.4, 0.5) is 17.1 Å². The van der Waals surface area contributed by atoms with E-state index in [-0.39, 0.29) is 21.9 Å². The summed E-state index contributed by atoms with van der Waals surface area (Å²) in [6, 6.07) is 3.51. The number of hydrogen-bond acceptors (Lipinski definition) is 5. The first-order chi connectivity index (χ1) is 8.45. The molecule has 0 saturated carbocycles. The van der Waals surface area contributed by atoms with Gasteiger partial charge in [-0.05, 0) is 6.07 Å². The standard InChI is InChI=1S/C9H9Br2N3O4/c10-4-6(11)5-12-8-2-1-7(13(15)16)3-9(8)14(17)18/h1-3,6,12H,4-5H2/t6-/m1/s1. The van der Waals surface area contributed by atoms with Crippen LogP contribution in [0.15, 0.2) is 18.2 Å². The zero-order valence-electron chi connectivity index (χ0n) is 9.01. The molecule has 0 fully saturated rings. The number of rotatable bonds is 6. The lowest BCUT2D eigenvalue weighted by atomic mass is 10.2. The van der Waals surface area contributed by atoms with E-state index in [0.29, 0.717) is 11.9 Å². The topological polar surface area (TPSA) is 98.3 Å². The fraction of sp³-hybridized carbons (Fsp3) is 0.333. The number of nitro groups is 2. The normalized spacial score (nSPS) is 11.9. The second-order valence-electron chi connectivity index (χ2n) is 3.35. The van der Waals surface area contributed by atoms with Gasteiger partial charge in [0.1, 0.15) is 5.69 Å². The van der Waals surface area contributed by atoms with E-state index >= 15 is 0 Å². The molecule has 18 heavy (non-hydrogen) atoms. The SMILES string of the molecule is O=[N+]([O-])c1ccc(NC[C@H](Br)CBr)c([N+](=O)[O-])c1. The first kappa shape index (κ1) is 14.8. The van der Waals surface area contributed by atoms with Gasteiger partial charge in [0.15, 0.2) is 0 Å². The van der Waals surface area contributed by atoms with Crippen LogP contribution < -0.4 is 5.32 Å². The van der Waals surface area contributed by atoms with Crippen molar-refractivity contribution in [2.75, 3.05) is 17.2 Å². The summed E-state index contributed by atoms with van der Waals surface area (Å²) in [5.41, 5.74) is -0.349. The monoisotopic (exact) mass is 381 g/mol. The maximum absolute atomic E-state index is 10.8. The van der Waals surface area contributed by atoms with Gasteiger partial charge in [0.05, 0.1) is 15.9 Å². The molecule has 0 aromatic heterocycles. The fourth-order valence-electron chi connectivity index (χ4n) is 1.21. The number of nitro benzene ring substituents is 2. The average Bonchev–Trinajstić information content (AvgIpc) is 2.35. The summed E-state index contributed by atoms with van der Waals surface area (Å²) < 4.78 is 0. The van der Waals surface area contributed by atoms with Crippen molar-refractivity contribution in [3.05, 3.63) is 38.4 Å². The molecule has 1 rings (SSSR count). The largest absolute Gasteiger partial charge is 0.378 e. The fourth-order valence-corrected chi connectivity index (χ4v) is 1.60. The molecule has 0 bridgehead atoms. The van der Waals surface area contributed by atoms with E-state index in [1.54, 1.807) is 0 Å². The first-order valence-electron chi connectivity index (χ1n) is 4.82. The molecular formula is C9H9Br2N3O4. The molecular weight excluding hydrogens is 374 g/mol. The van der Waals surface area contributed by atoms with Gasteiger partial charge in [-0.3, -0.25) is 20.2 Å². The second-order valence-corrected chi connectivity index (χ2v) is 5.29. The Kier molecular flexibility index (Phi) is 5.48. The minimum absolute atomic E-state index is 0.104. The molecule has 7 nitrogen and oxygen atoms in total. The lowest BCUT2D eigenvalue weighted by molar-refractivity contribution is -0.393. The van der Waals surface area contributed by atoms with Gasteiger partial charge in [0.25, 0.3) is 11.4 Å². The molecule has 1 N–H and O–H groups in total. The summed E-state index contributed by atoms with van der Waals surface area (Å²) in [7, 11) is 0. The van der Waals surface area contributed by atoms with Crippen LogP contribution in [0.25, 0.3) is 0 Å². The van der Waals surface area contributed by atoms with E-state index in [1.807, 2.05) is 0 Å². The minimum Gasteiger partial charge on any atom is -0.378 e. The number of alkyl halides is 2. The van der Waals surface area contributed by atoms with E-state index in [9.17, 15) is 20.2 Å². The Balaban J connectivity index is 2.97. The van der Waals surface area contributed by atoms with Crippen molar-refractivity contribution in [1.29, 1.82) is 0 Å². The number of anilines is 1. The maximum Gasteiger partial charge on any atom is 0.299 e. The molecule has 1 aromatic carbocycles. The van der Waals surface area contributed by atoms with E-state index in [2.05, 4.69) is 37.2 Å². The predicted molar refractivity (Wildman–Crippen MR) is 74.7 cm³/mol. The van der Waals surface area contributed by atoms with Gasteiger partial charge in [0.2, 0.25) is 0 Å². The highest BCUT2D eigenvalue weighted by molar-refractivity contribution is 9.12. The molecule has 0 spiro atoms. The van der Waals surface area contributed by atoms with Crippen molar-refractivity contribution in [2.24, 2.45) is 0 Å². The minimum atomic E-state index is -0.664. The van der Waals surface area contributed by atoms with Gasteiger partial charge in [-0.2, -0.15) is 0 Å². The van der Waals surface area contributed by atoms with Crippen LogP contribution in [0.1, 0.15) is 0 Å². The molecule has 0 saturated heterocycles. The van der Waals surface area contributed by atoms with Crippen LogP contribution in [0.3, 0.4) is 0 Å². The van der Waals surface area contributed by atoms with Crippen LogP contribution >= 0.6 is 31.9 Å². The lowest BCUT2D eigenvalue weighted by Crippen LogP contribution is -2.15. The highest BCUT2D eigenvalue weighted by atomic mass is 79.9. The van der Waals surface area contributed by atoms with Crippen LogP contribution in [-0.4, -0.2) is 26.5 Å². The van der Waals surface area contributed by atoms with Crippen molar-refractivity contribution in [3.8, 4) is 0 Å². The van der Waals surface area contributed by atoms with E-state index in [0.717, 1.165) is 6.07 Å². The highest BCUT2D eigenvalue weighted by Crippen LogP contribution is 2.29. The van der Waals surface area contributed by atoms with E-state index < -0.39 is 9.85 Å². The Morgan fingerprint density at radius 3 is 2.44 bits per heavy atom. The molecule has 98 valence electrons. The number of nitrogens with one attached hydrogen (secondary N) is 1. The summed E-state index contributed by atoms with van der Waals surface area (Å²) >= 11 is 6.60. The molecule has 0 aliphatic rings. The maximum atomic E-state index is 10.8. The molecule has 0 heterocycles. The van der Waals surface area contributed by atoms with Crippen molar-refractivity contribution < 1.29 is 9.85 Å².